The summed E-state index contributed by atoms with van der Waals surface area (Å²) in [5, 5.41) is 6.11. The Balaban J connectivity index is 1.76. The van der Waals surface area contributed by atoms with Gasteiger partial charge in [-0.1, -0.05) is 17.7 Å². The SMILES string of the molecule is Cc1nc(N(C)CC2CCCO2)c2cnn(-c3cccc(Cl)c3)c2n1. The van der Waals surface area contributed by atoms with E-state index in [1.165, 1.54) is 0 Å². The number of hydrogen-bond donors (Lipinski definition) is 0. The first-order valence-corrected chi connectivity index (χ1v) is 8.80. The molecule has 0 saturated carbocycles. The van der Waals surface area contributed by atoms with Crippen LogP contribution in [-0.2, 0) is 4.74 Å². The van der Waals surface area contributed by atoms with Crippen LogP contribution in [0, 0.1) is 6.92 Å². The molecule has 3 heterocycles. The van der Waals surface area contributed by atoms with Gasteiger partial charge in [-0.25, -0.2) is 14.6 Å². The lowest BCUT2D eigenvalue weighted by molar-refractivity contribution is 0.116. The molecule has 6 nitrogen and oxygen atoms in total. The minimum absolute atomic E-state index is 0.262. The van der Waals surface area contributed by atoms with Gasteiger partial charge >= 0.3 is 0 Å². The van der Waals surface area contributed by atoms with Crippen molar-refractivity contribution in [1.82, 2.24) is 19.7 Å². The second-order valence-electron chi connectivity index (χ2n) is 6.38. The lowest BCUT2D eigenvalue weighted by Crippen LogP contribution is -2.29. The summed E-state index contributed by atoms with van der Waals surface area (Å²) in [7, 11) is 2.04. The molecule has 0 bridgehead atoms. The molecule has 1 aliphatic rings. The maximum absolute atomic E-state index is 6.13. The molecular weight excluding hydrogens is 338 g/mol. The van der Waals surface area contributed by atoms with Crippen molar-refractivity contribution in [3.63, 3.8) is 0 Å². The molecule has 1 unspecified atom stereocenters. The van der Waals surface area contributed by atoms with Gasteiger partial charge in [0.2, 0.25) is 0 Å². The Morgan fingerprint density at radius 3 is 3.00 bits per heavy atom. The Morgan fingerprint density at radius 1 is 1.36 bits per heavy atom. The van der Waals surface area contributed by atoms with Crippen LogP contribution < -0.4 is 4.90 Å². The molecule has 1 aliphatic heterocycles. The highest BCUT2D eigenvalue weighted by Gasteiger charge is 2.21. The van der Waals surface area contributed by atoms with E-state index in [1.54, 1.807) is 4.68 Å². The van der Waals surface area contributed by atoms with Crippen LogP contribution in [0.1, 0.15) is 18.7 Å². The summed E-state index contributed by atoms with van der Waals surface area (Å²) in [5.41, 5.74) is 1.66. The van der Waals surface area contributed by atoms with E-state index in [4.69, 9.17) is 16.3 Å². The summed E-state index contributed by atoms with van der Waals surface area (Å²) < 4.78 is 7.56. The van der Waals surface area contributed by atoms with Gasteiger partial charge < -0.3 is 9.64 Å². The molecule has 1 saturated heterocycles. The average Bonchev–Trinajstić information content (AvgIpc) is 3.23. The van der Waals surface area contributed by atoms with E-state index in [0.29, 0.717) is 10.8 Å². The summed E-state index contributed by atoms with van der Waals surface area (Å²) in [6.07, 6.45) is 4.30. The van der Waals surface area contributed by atoms with Gasteiger partial charge in [0.1, 0.15) is 11.6 Å². The van der Waals surface area contributed by atoms with Crippen molar-refractivity contribution in [3.05, 3.63) is 41.3 Å². The predicted molar refractivity (Wildman–Crippen MR) is 98.7 cm³/mol. The van der Waals surface area contributed by atoms with E-state index in [2.05, 4.69) is 20.0 Å². The number of nitrogens with zero attached hydrogens (tertiary/aromatic N) is 5. The number of aryl methyl sites for hydroxylation is 1. The van der Waals surface area contributed by atoms with Gasteiger partial charge in [0, 0.05) is 25.2 Å². The van der Waals surface area contributed by atoms with Crippen LogP contribution in [0.5, 0.6) is 0 Å². The highest BCUT2D eigenvalue weighted by molar-refractivity contribution is 6.30. The average molecular weight is 358 g/mol. The number of fused-ring (bicyclic) bond motifs is 1. The molecule has 1 atom stereocenters. The predicted octanol–water partition coefficient (Wildman–Crippen LogP) is 3.39. The summed E-state index contributed by atoms with van der Waals surface area (Å²) >= 11 is 6.13. The first-order valence-electron chi connectivity index (χ1n) is 8.43. The number of hydrogen-bond acceptors (Lipinski definition) is 5. The van der Waals surface area contributed by atoms with Crippen LogP contribution in [0.4, 0.5) is 5.82 Å². The molecule has 0 spiro atoms. The molecule has 3 aromatic rings. The molecule has 2 aromatic heterocycles. The number of halogens is 1. The van der Waals surface area contributed by atoms with Crippen LogP contribution in [0.2, 0.25) is 5.02 Å². The van der Waals surface area contributed by atoms with Crippen LogP contribution in [0.15, 0.2) is 30.5 Å². The number of anilines is 1. The Bertz CT molecular complexity index is 904. The Kier molecular flexibility index (Phi) is 4.31. The van der Waals surface area contributed by atoms with Crippen molar-refractivity contribution in [2.24, 2.45) is 0 Å². The number of ether oxygens (including phenoxy) is 1. The van der Waals surface area contributed by atoms with Crippen molar-refractivity contribution >= 4 is 28.5 Å². The summed E-state index contributed by atoms with van der Waals surface area (Å²) in [6.45, 7) is 3.56. The summed E-state index contributed by atoms with van der Waals surface area (Å²) in [5.74, 6) is 1.59. The monoisotopic (exact) mass is 357 g/mol. The van der Waals surface area contributed by atoms with Crippen LogP contribution in [0.25, 0.3) is 16.7 Å². The van der Waals surface area contributed by atoms with Crippen molar-refractivity contribution < 1.29 is 4.74 Å². The summed E-state index contributed by atoms with van der Waals surface area (Å²) in [4.78, 5) is 11.4. The van der Waals surface area contributed by atoms with Gasteiger partial charge in [-0.3, -0.25) is 0 Å². The third-order valence-electron chi connectivity index (χ3n) is 4.44. The number of benzene rings is 1. The number of likely N-dealkylation sites (N-methyl/N-ethyl adjacent to an activating group) is 1. The Hall–Kier alpha value is -2.18. The molecular formula is C18H20ClN5O. The minimum atomic E-state index is 0.262. The molecule has 7 heteroatoms. The standard InChI is InChI=1S/C18H20ClN5O/c1-12-21-17(23(2)11-15-7-4-8-25-15)16-10-20-24(18(16)22-12)14-6-3-5-13(19)9-14/h3,5-6,9-10,15H,4,7-8,11H2,1-2H3. The third-order valence-corrected chi connectivity index (χ3v) is 4.67. The van der Waals surface area contributed by atoms with Crippen molar-refractivity contribution in [3.8, 4) is 5.69 Å². The molecule has 0 N–H and O–H groups in total. The van der Waals surface area contributed by atoms with Gasteiger partial charge in [0.25, 0.3) is 0 Å². The highest BCUT2D eigenvalue weighted by Crippen LogP contribution is 2.27. The molecule has 1 fully saturated rings. The van der Waals surface area contributed by atoms with Crippen LogP contribution in [0.3, 0.4) is 0 Å². The maximum Gasteiger partial charge on any atom is 0.168 e. The normalized spacial score (nSPS) is 17.3. The Labute approximate surface area is 151 Å². The van der Waals surface area contributed by atoms with Crippen LogP contribution >= 0.6 is 11.6 Å². The molecule has 25 heavy (non-hydrogen) atoms. The molecule has 0 amide bonds. The highest BCUT2D eigenvalue weighted by atomic mass is 35.5. The molecule has 4 rings (SSSR count). The van der Waals surface area contributed by atoms with Crippen molar-refractivity contribution in [2.75, 3.05) is 25.1 Å². The lowest BCUT2D eigenvalue weighted by Gasteiger charge is -2.22. The number of aromatic nitrogens is 4. The zero-order valence-corrected chi connectivity index (χ0v) is 15.1. The second kappa shape index (κ2) is 6.61. The van der Waals surface area contributed by atoms with Crippen molar-refractivity contribution in [1.29, 1.82) is 0 Å². The van der Waals surface area contributed by atoms with Crippen LogP contribution in [-0.4, -0.2) is 46.1 Å². The molecule has 0 radical (unpaired) electrons. The maximum atomic E-state index is 6.13. The zero-order chi connectivity index (χ0) is 17.4. The molecule has 130 valence electrons. The van der Waals surface area contributed by atoms with Gasteiger partial charge in [0.15, 0.2) is 5.65 Å². The quantitative estimate of drug-likeness (QED) is 0.716. The minimum Gasteiger partial charge on any atom is -0.376 e. The zero-order valence-electron chi connectivity index (χ0n) is 14.3. The van der Waals surface area contributed by atoms with E-state index in [-0.39, 0.29) is 6.10 Å². The fourth-order valence-electron chi connectivity index (χ4n) is 3.27. The first kappa shape index (κ1) is 16.3. The van der Waals surface area contributed by atoms with E-state index in [1.807, 2.05) is 44.4 Å². The van der Waals surface area contributed by atoms with E-state index < -0.39 is 0 Å². The van der Waals surface area contributed by atoms with E-state index >= 15 is 0 Å². The Morgan fingerprint density at radius 2 is 2.24 bits per heavy atom. The topological polar surface area (TPSA) is 56.1 Å². The van der Waals surface area contributed by atoms with Gasteiger partial charge in [-0.05, 0) is 38.0 Å². The lowest BCUT2D eigenvalue weighted by atomic mass is 10.2. The van der Waals surface area contributed by atoms with Gasteiger partial charge in [-0.15, -0.1) is 0 Å². The van der Waals surface area contributed by atoms with Crippen molar-refractivity contribution in [2.45, 2.75) is 25.9 Å². The summed E-state index contributed by atoms with van der Waals surface area (Å²) in [6, 6.07) is 7.59. The van der Waals surface area contributed by atoms with Gasteiger partial charge in [-0.2, -0.15) is 5.10 Å². The molecule has 0 aliphatic carbocycles. The van der Waals surface area contributed by atoms with E-state index in [0.717, 1.165) is 48.5 Å². The van der Waals surface area contributed by atoms with E-state index in [9.17, 15) is 0 Å². The fourth-order valence-corrected chi connectivity index (χ4v) is 3.45. The molecule has 1 aromatic carbocycles. The smallest absolute Gasteiger partial charge is 0.168 e. The largest absolute Gasteiger partial charge is 0.376 e. The number of rotatable bonds is 4. The van der Waals surface area contributed by atoms with Gasteiger partial charge in [0.05, 0.1) is 23.4 Å². The second-order valence-corrected chi connectivity index (χ2v) is 6.82. The third kappa shape index (κ3) is 3.19. The first-order chi connectivity index (χ1) is 12.1. The fraction of sp³-hybridized carbons (Fsp3) is 0.389.